The van der Waals surface area contributed by atoms with Gasteiger partial charge in [-0.15, -0.1) is 0 Å². The monoisotopic (exact) mass is 286 g/mol. The lowest BCUT2D eigenvalue weighted by atomic mass is 10.1. The lowest BCUT2D eigenvalue weighted by Gasteiger charge is -2.16. The van der Waals surface area contributed by atoms with E-state index in [1.165, 1.54) is 31.3 Å². The van der Waals surface area contributed by atoms with Crippen molar-refractivity contribution in [2.75, 3.05) is 0 Å². The van der Waals surface area contributed by atoms with Crippen molar-refractivity contribution < 1.29 is 22.3 Å². The molecule has 0 radical (unpaired) electrons. The first-order chi connectivity index (χ1) is 9.36. The Kier molecular flexibility index (Phi) is 2.67. The summed E-state index contributed by atoms with van der Waals surface area (Å²) in [6.45, 7) is 1.49. The number of alkyl halides is 3. The predicted octanol–water partition coefficient (Wildman–Crippen LogP) is 3.50. The van der Waals surface area contributed by atoms with Gasteiger partial charge < -0.3 is 15.0 Å². The summed E-state index contributed by atoms with van der Waals surface area (Å²) < 4.78 is 56.1. The number of hydrogen-bond donors (Lipinski definition) is 2. The van der Waals surface area contributed by atoms with Gasteiger partial charge in [0, 0.05) is 22.7 Å². The van der Waals surface area contributed by atoms with Crippen LogP contribution in [-0.2, 0) is 4.74 Å². The van der Waals surface area contributed by atoms with Crippen LogP contribution in [0, 0.1) is 5.82 Å². The van der Waals surface area contributed by atoms with E-state index in [2.05, 4.69) is 10.3 Å². The molecular weight excluding hydrogens is 276 g/mol. The zero-order valence-electron chi connectivity index (χ0n) is 10.3. The average molecular weight is 286 g/mol. The van der Waals surface area contributed by atoms with Crippen LogP contribution in [0.25, 0.3) is 16.7 Å². The highest BCUT2D eigenvalue weighted by molar-refractivity contribution is 5.92. The van der Waals surface area contributed by atoms with Crippen LogP contribution in [0.1, 0.15) is 12.5 Å². The van der Waals surface area contributed by atoms with Gasteiger partial charge in [-0.2, -0.15) is 13.2 Å². The van der Waals surface area contributed by atoms with E-state index in [0.29, 0.717) is 16.5 Å². The largest absolute Gasteiger partial charge is 0.458 e. The molecule has 1 atom stereocenters. The summed E-state index contributed by atoms with van der Waals surface area (Å²) in [4.78, 5) is 2.88. The quantitative estimate of drug-likeness (QED) is 0.787. The minimum atomic E-state index is -4.51. The third-order valence-corrected chi connectivity index (χ3v) is 3.11. The fourth-order valence-corrected chi connectivity index (χ4v) is 2.19. The number of benzene rings is 1. The van der Waals surface area contributed by atoms with Gasteiger partial charge in [0.25, 0.3) is 6.23 Å². The van der Waals surface area contributed by atoms with Gasteiger partial charge in [0.05, 0.1) is 5.70 Å². The summed E-state index contributed by atoms with van der Waals surface area (Å²) in [6.07, 6.45) is -5.08. The molecule has 0 spiro atoms. The Labute approximate surface area is 111 Å². The van der Waals surface area contributed by atoms with Crippen molar-refractivity contribution in [3.63, 3.8) is 0 Å². The molecule has 3 rings (SSSR count). The molecule has 1 aliphatic rings. The second-order valence-corrected chi connectivity index (χ2v) is 4.53. The van der Waals surface area contributed by atoms with Crippen molar-refractivity contribution in [2.45, 2.75) is 19.3 Å². The molecule has 2 heterocycles. The fraction of sp³-hybridized carbons (Fsp3) is 0.231. The molecular formula is C13H10F4N2O. The summed E-state index contributed by atoms with van der Waals surface area (Å²) in [5.41, 5.74) is 1.29. The highest BCUT2D eigenvalue weighted by Gasteiger charge is 2.46. The van der Waals surface area contributed by atoms with Crippen LogP contribution in [0.5, 0.6) is 0 Å². The molecule has 1 unspecified atom stereocenters. The van der Waals surface area contributed by atoms with E-state index in [0.717, 1.165) is 0 Å². The summed E-state index contributed by atoms with van der Waals surface area (Å²) in [6, 6.07) is 4.05. The maximum atomic E-state index is 13.3. The van der Waals surface area contributed by atoms with E-state index in [1.54, 1.807) is 0 Å². The van der Waals surface area contributed by atoms with E-state index >= 15 is 0 Å². The van der Waals surface area contributed by atoms with Crippen molar-refractivity contribution in [1.82, 2.24) is 10.3 Å². The summed E-state index contributed by atoms with van der Waals surface area (Å²) in [5, 5.41) is 2.71. The molecule has 0 amide bonds. The van der Waals surface area contributed by atoms with E-state index in [4.69, 9.17) is 4.74 Å². The Morgan fingerprint density at radius 2 is 2.00 bits per heavy atom. The molecule has 1 aliphatic heterocycles. The molecule has 0 fully saturated rings. The first-order valence-electron chi connectivity index (χ1n) is 5.84. The number of fused-ring (bicyclic) bond motifs is 1. The van der Waals surface area contributed by atoms with Crippen LogP contribution in [0.15, 0.2) is 30.1 Å². The number of hydrogen-bond acceptors (Lipinski definition) is 2. The molecule has 1 aromatic carbocycles. The second kappa shape index (κ2) is 4.16. The third kappa shape index (κ3) is 1.99. The number of nitrogens with one attached hydrogen (secondary N) is 2. The van der Waals surface area contributed by atoms with Gasteiger partial charge in [0.15, 0.2) is 5.76 Å². The number of ether oxygens (including phenoxy) is 1. The maximum Gasteiger partial charge on any atom is 0.445 e. The highest BCUT2D eigenvalue weighted by Crippen LogP contribution is 2.36. The van der Waals surface area contributed by atoms with Gasteiger partial charge >= 0.3 is 6.18 Å². The third-order valence-electron chi connectivity index (χ3n) is 3.11. The van der Waals surface area contributed by atoms with Gasteiger partial charge in [0.2, 0.25) is 0 Å². The Hall–Kier alpha value is -2.18. The molecule has 0 saturated carbocycles. The Morgan fingerprint density at radius 1 is 1.25 bits per heavy atom. The Balaban J connectivity index is 2.04. The first-order valence-corrected chi connectivity index (χ1v) is 5.84. The normalized spacial score (nSPS) is 19.4. The molecule has 1 aromatic heterocycles. The number of allylic oxidation sites excluding steroid dienone is 1. The minimum Gasteiger partial charge on any atom is -0.458 e. The molecule has 0 aliphatic carbocycles. The lowest BCUT2D eigenvalue weighted by molar-refractivity contribution is -0.203. The molecule has 7 heteroatoms. The van der Waals surface area contributed by atoms with E-state index in [-0.39, 0.29) is 11.5 Å². The molecule has 3 nitrogen and oxygen atoms in total. The Bertz CT molecular complexity index is 702. The smallest absolute Gasteiger partial charge is 0.445 e. The molecule has 20 heavy (non-hydrogen) atoms. The van der Waals surface area contributed by atoms with Crippen LogP contribution >= 0.6 is 0 Å². The first kappa shape index (κ1) is 12.8. The van der Waals surface area contributed by atoms with Crippen LogP contribution in [0.2, 0.25) is 0 Å². The van der Waals surface area contributed by atoms with Crippen LogP contribution in [0.3, 0.4) is 0 Å². The average Bonchev–Trinajstić information content (AvgIpc) is 2.91. The standard InChI is InChI=1S/C13H10F4N2O/c1-6-11(20-12(19-6)13(15,16)17)9-5-18-10-3-2-7(14)4-8(9)10/h2-5,12,18-19H,1H3. The predicted molar refractivity (Wildman–Crippen MR) is 64.9 cm³/mol. The number of aromatic nitrogens is 1. The fourth-order valence-electron chi connectivity index (χ4n) is 2.19. The lowest BCUT2D eigenvalue weighted by Crippen LogP contribution is -2.38. The molecule has 2 N–H and O–H groups in total. The van der Waals surface area contributed by atoms with Crippen molar-refractivity contribution in [3.05, 3.63) is 41.5 Å². The van der Waals surface area contributed by atoms with Gasteiger partial charge in [-0.1, -0.05) is 0 Å². The SMILES string of the molecule is CC1=C(c2c[nH]c3ccc(F)cc23)OC(C(F)(F)F)N1. The van der Waals surface area contributed by atoms with Crippen LogP contribution < -0.4 is 5.32 Å². The summed E-state index contributed by atoms with van der Waals surface area (Å²) >= 11 is 0. The van der Waals surface area contributed by atoms with Crippen LogP contribution in [-0.4, -0.2) is 17.4 Å². The number of aromatic amines is 1. The zero-order valence-corrected chi connectivity index (χ0v) is 10.3. The van der Waals surface area contributed by atoms with Crippen molar-refractivity contribution in [2.24, 2.45) is 0 Å². The maximum absolute atomic E-state index is 13.3. The van der Waals surface area contributed by atoms with Gasteiger partial charge in [0.1, 0.15) is 5.82 Å². The number of rotatable bonds is 1. The van der Waals surface area contributed by atoms with E-state index in [9.17, 15) is 17.6 Å². The number of H-pyrrole nitrogens is 1. The number of halogens is 4. The molecule has 0 bridgehead atoms. The van der Waals surface area contributed by atoms with Crippen molar-refractivity contribution in [3.8, 4) is 0 Å². The molecule has 0 saturated heterocycles. The van der Waals surface area contributed by atoms with Crippen molar-refractivity contribution in [1.29, 1.82) is 0 Å². The molecule has 106 valence electrons. The van der Waals surface area contributed by atoms with E-state index in [1.807, 2.05) is 0 Å². The van der Waals surface area contributed by atoms with Gasteiger partial charge in [-0.05, 0) is 25.1 Å². The second-order valence-electron chi connectivity index (χ2n) is 4.53. The topological polar surface area (TPSA) is 37.0 Å². The summed E-state index contributed by atoms with van der Waals surface area (Å²) in [5.74, 6) is -0.390. The van der Waals surface area contributed by atoms with Gasteiger partial charge in [-0.25, -0.2) is 4.39 Å². The molecule has 2 aromatic rings. The highest BCUT2D eigenvalue weighted by atomic mass is 19.4. The van der Waals surface area contributed by atoms with Crippen LogP contribution in [0.4, 0.5) is 17.6 Å². The zero-order chi connectivity index (χ0) is 14.5. The Morgan fingerprint density at radius 3 is 2.65 bits per heavy atom. The van der Waals surface area contributed by atoms with E-state index < -0.39 is 18.2 Å². The van der Waals surface area contributed by atoms with Crippen molar-refractivity contribution >= 4 is 16.7 Å². The van der Waals surface area contributed by atoms with Gasteiger partial charge in [-0.3, -0.25) is 0 Å². The summed E-state index contributed by atoms with van der Waals surface area (Å²) in [7, 11) is 0. The minimum absolute atomic E-state index is 0.0733.